The molecule has 1 aliphatic heterocycles. The van der Waals surface area contributed by atoms with Crippen LogP contribution in [0.1, 0.15) is 43.5 Å². The third-order valence-electron chi connectivity index (χ3n) is 4.39. The lowest BCUT2D eigenvalue weighted by molar-refractivity contribution is 0.362. The summed E-state index contributed by atoms with van der Waals surface area (Å²) in [6.45, 7) is 10.7. The van der Waals surface area contributed by atoms with Crippen LogP contribution in [0.2, 0.25) is 0 Å². The number of rotatable bonds is 2. The van der Waals surface area contributed by atoms with Crippen LogP contribution >= 0.6 is 0 Å². The molecule has 3 nitrogen and oxygen atoms in total. The first-order valence-electron chi connectivity index (χ1n) is 6.89. The molecule has 1 aromatic rings. The molecular formula is C15H23NO2S. The predicted molar refractivity (Wildman–Crippen MR) is 78.1 cm³/mol. The van der Waals surface area contributed by atoms with Crippen molar-refractivity contribution in [3.8, 4) is 0 Å². The Labute approximate surface area is 116 Å². The van der Waals surface area contributed by atoms with Crippen molar-refractivity contribution in [3.63, 3.8) is 0 Å². The summed E-state index contributed by atoms with van der Waals surface area (Å²) < 4.78 is 25.4. The zero-order valence-electron chi connectivity index (χ0n) is 12.3. The molecule has 0 saturated carbocycles. The van der Waals surface area contributed by atoms with Crippen LogP contribution in [0, 0.1) is 19.8 Å². The highest BCUT2D eigenvalue weighted by Crippen LogP contribution is 2.42. The van der Waals surface area contributed by atoms with E-state index >= 15 is 0 Å². The Morgan fingerprint density at radius 2 is 1.74 bits per heavy atom. The van der Waals surface area contributed by atoms with E-state index in [-0.39, 0.29) is 17.2 Å². The molecule has 3 atom stereocenters. The number of hydrogen-bond acceptors (Lipinski definition) is 3. The van der Waals surface area contributed by atoms with Crippen LogP contribution < -0.4 is 5.32 Å². The summed E-state index contributed by atoms with van der Waals surface area (Å²) in [6.07, 6.45) is 0. The maximum absolute atomic E-state index is 12.7. The van der Waals surface area contributed by atoms with E-state index in [4.69, 9.17) is 0 Å². The van der Waals surface area contributed by atoms with Gasteiger partial charge in [0.25, 0.3) is 0 Å². The fourth-order valence-corrected chi connectivity index (χ4v) is 5.29. The second-order valence-electron chi connectivity index (χ2n) is 5.59. The van der Waals surface area contributed by atoms with Crippen LogP contribution in [0.5, 0.6) is 0 Å². The SMILES string of the molecule is CCNC1c2c(C)ccc(C)c2S(=O)(=O)C(C)C1C. The van der Waals surface area contributed by atoms with Gasteiger partial charge in [-0.15, -0.1) is 0 Å². The number of aryl methyl sites for hydroxylation is 2. The van der Waals surface area contributed by atoms with Gasteiger partial charge in [0.2, 0.25) is 0 Å². The van der Waals surface area contributed by atoms with E-state index in [0.717, 1.165) is 23.2 Å². The minimum atomic E-state index is -3.21. The molecule has 1 aromatic carbocycles. The van der Waals surface area contributed by atoms with Gasteiger partial charge in [0, 0.05) is 6.04 Å². The summed E-state index contributed by atoms with van der Waals surface area (Å²) in [6, 6.07) is 4.06. The number of sulfone groups is 1. The highest BCUT2D eigenvalue weighted by molar-refractivity contribution is 7.92. The monoisotopic (exact) mass is 281 g/mol. The zero-order valence-corrected chi connectivity index (χ0v) is 13.1. The standard InChI is InChI=1S/C15H23NO2S/c1-6-16-14-11(4)12(5)19(17,18)15-10(3)8-7-9(2)13(14)15/h7-8,11-12,14,16H,6H2,1-5H3. The van der Waals surface area contributed by atoms with Crippen molar-refractivity contribution in [1.82, 2.24) is 5.32 Å². The Morgan fingerprint density at radius 1 is 1.16 bits per heavy atom. The van der Waals surface area contributed by atoms with Crippen LogP contribution in [0.4, 0.5) is 0 Å². The van der Waals surface area contributed by atoms with Crippen molar-refractivity contribution in [2.45, 2.75) is 50.8 Å². The molecule has 0 fully saturated rings. The lowest BCUT2D eigenvalue weighted by Crippen LogP contribution is -2.42. The Hall–Kier alpha value is -0.870. The normalized spacial score (nSPS) is 29.0. The van der Waals surface area contributed by atoms with Gasteiger partial charge in [-0.2, -0.15) is 0 Å². The molecule has 3 unspecified atom stereocenters. The Balaban J connectivity index is 2.79. The number of nitrogens with one attached hydrogen (secondary N) is 1. The highest BCUT2D eigenvalue weighted by Gasteiger charge is 2.42. The second-order valence-corrected chi connectivity index (χ2v) is 7.83. The number of fused-ring (bicyclic) bond motifs is 1. The molecule has 0 amide bonds. The van der Waals surface area contributed by atoms with Crippen molar-refractivity contribution in [2.24, 2.45) is 5.92 Å². The third-order valence-corrected chi connectivity index (χ3v) is 6.91. The van der Waals surface area contributed by atoms with Gasteiger partial charge in [0.05, 0.1) is 10.1 Å². The molecule has 0 aliphatic carbocycles. The van der Waals surface area contributed by atoms with E-state index in [2.05, 4.69) is 12.2 Å². The van der Waals surface area contributed by atoms with Gasteiger partial charge in [-0.05, 0) is 49.9 Å². The first-order chi connectivity index (χ1) is 8.82. The highest BCUT2D eigenvalue weighted by atomic mass is 32.2. The molecule has 0 spiro atoms. The lowest BCUT2D eigenvalue weighted by Gasteiger charge is -2.38. The third kappa shape index (κ3) is 2.11. The summed E-state index contributed by atoms with van der Waals surface area (Å²) in [5, 5.41) is 3.12. The molecule has 0 aromatic heterocycles. The molecule has 1 heterocycles. The Kier molecular flexibility index (Phi) is 3.76. The molecule has 1 N–H and O–H groups in total. The molecule has 2 rings (SSSR count). The van der Waals surface area contributed by atoms with E-state index in [1.165, 1.54) is 0 Å². The van der Waals surface area contributed by atoms with Crippen molar-refractivity contribution in [3.05, 3.63) is 28.8 Å². The molecule has 106 valence electrons. The fourth-order valence-electron chi connectivity index (χ4n) is 3.08. The molecular weight excluding hydrogens is 258 g/mol. The maximum atomic E-state index is 12.7. The molecule has 0 saturated heterocycles. The molecule has 0 radical (unpaired) electrons. The van der Waals surface area contributed by atoms with E-state index < -0.39 is 9.84 Å². The smallest absolute Gasteiger partial charge is 0.181 e. The van der Waals surface area contributed by atoms with Gasteiger partial charge in [0.15, 0.2) is 9.84 Å². The maximum Gasteiger partial charge on any atom is 0.181 e. The van der Waals surface area contributed by atoms with E-state index in [0.29, 0.717) is 4.90 Å². The summed E-state index contributed by atoms with van der Waals surface area (Å²) in [5.74, 6) is 0.0814. The predicted octanol–water partition coefficient (Wildman–Crippen LogP) is 2.77. The first-order valence-corrected chi connectivity index (χ1v) is 8.44. The van der Waals surface area contributed by atoms with Gasteiger partial charge in [-0.3, -0.25) is 0 Å². The van der Waals surface area contributed by atoms with Gasteiger partial charge in [-0.1, -0.05) is 26.0 Å². The quantitative estimate of drug-likeness (QED) is 0.906. The topological polar surface area (TPSA) is 46.2 Å². The molecule has 1 aliphatic rings. The Morgan fingerprint density at radius 3 is 2.32 bits per heavy atom. The van der Waals surface area contributed by atoms with Crippen LogP contribution in [0.3, 0.4) is 0 Å². The lowest BCUT2D eigenvalue weighted by atomic mass is 9.87. The minimum Gasteiger partial charge on any atom is -0.310 e. The summed E-state index contributed by atoms with van der Waals surface area (Å²) in [5.41, 5.74) is 2.91. The first kappa shape index (κ1) is 14.5. The molecule has 4 heteroatoms. The largest absolute Gasteiger partial charge is 0.310 e. The zero-order chi connectivity index (χ0) is 14.4. The van der Waals surface area contributed by atoms with Crippen molar-refractivity contribution >= 4 is 9.84 Å². The summed E-state index contributed by atoms with van der Waals surface area (Å²) >= 11 is 0. The summed E-state index contributed by atoms with van der Waals surface area (Å²) in [4.78, 5) is 0.559. The molecule has 19 heavy (non-hydrogen) atoms. The fraction of sp³-hybridized carbons (Fsp3) is 0.600. The minimum absolute atomic E-state index is 0.0814. The van der Waals surface area contributed by atoms with Gasteiger partial charge < -0.3 is 5.32 Å². The van der Waals surface area contributed by atoms with Gasteiger partial charge >= 0.3 is 0 Å². The van der Waals surface area contributed by atoms with Crippen LogP contribution in [0.25, 0.3) is 0 Å². The second kappa shape index (κ2) is 4.91. The number of benzene rings is 1. The van der Waals surface area contributed by atoms with Crippen LogP contribution in [-0.2, 0) is 9.84 Å². The van der Waals surface area contributed by atoms with Crippen molar-refractivity contribution in [1.29, 1.82) is 0 Å². The van der Waals surface area contributed by atoms with Crippen LogP contribution in [0.15, 0.2) is 17.0 Å². The number of hydrogen-bond donors (Lipinski definition) is 1. The summed E-state index contributed by atoms with van der Waals surface area (Å²) in [7, 11) is -3.21. The Bertz CT molecular complexity index is 592. The van der Waals surface area contributed by atoms with E-state index in [9.17, 15) is 8.42 Å². The van der Waals surface area contributed by atoms with Gasteiger partial charge in [0.1, 0.15) is 0 Å². The van der Waals surface area contributed by atoms with Crippen molar-refractivity contribution in [2.75, 3.05) is 6.54 Å². The molecule has 0 bridgehead atoms. The average Bonchev–Trinajstić information content (AvgIpc) is 2.35. The van der Waals surface area contributed by atoms with Crippen molar-refractivity contribution < 1.29 is 8.42 Å². The van der Waals surface area contributed by atoms with Gasteiger partial charge in [-0.25, -0.2) is 8.42 Å². The average molecular weight is 281 g/mol. The van der Waals surface area contributed by atoms with E-state index in [1.54, 1.807) is 0 Å². The van der Waals surface area contributed by atoms with E-state index in [1.807, 2.05) is 39.8 Å². The van der Waals surface area contributed by atoms with Crippen LogP contribution in [-0.4, -0.2) is 20.2 Å².